The van der Waals surface area contributed by atoms with E-state index in [0.29, 0.717) is 11.5 Å². The van der Waals surface area contributed by atoms with Crippen molar-refractivity contribution in [1.82, 2.24) is 14.6 Å². The van der Waals surface area contributed by atoms with Crippen molar-refractivity contribution in [2.45, 2.75) is 44.4 Å². The van der Waals surface area contributed by atoms with Crippen LogP contribution in [0, 0.1) is 0 Å². The largest absolute Gasteiger partial charge is 0.263 e. The summed E-state index contributed by atoms with van der Waals surface area (Å²) in [5, 5.41) is 4.64. The van der Waals surface area contributed by atoms with E-state index in [0.717, 1.165) is 33.2 Å². The molecule has 0 atom stereocenters. The van der Waals surface area contributed by atoms with E-state index in [4.69, 9.17) is 0 Å². The third-order valence-electron chi connectivity index (χ3n) is 5.32. The van der Waals surface area contributed by atoms with Gasteiger partial charge < -0.3 is 0 Å². The normalized spacial score (nSPS) is 12.3. The standard InChI is InChI=1S/C24H25BrN4O2S/c1-5-18-9-6-16(15-26-18)21-14-22-20(25)12-13-23(29(22)27-21)28-32(30,31)19-10-7-17(8-11-19)24(2,3)4/h6-15,28H,5H2,1-4H3. The van der Waals surface area contributed by atoms with Crippen LogP contribution in [0.1, 0.15) is 39.0 Å². The van der Waals surface area contributed by atoms with Gasteiger partial charge in [0, 0.05) is 21.9 Å². The fraction of sp³-hybridized carbons (Fsp3) is 0.250. The second kappa shape index (κ2) is 8.33. The zero-order chi connectivity index (χ0) is 23.1. The van der Waals surface area contributed by atoms with Crippen molar-refractivity contribution < 1.29 is 8.42 Å². The van der Waals surface area contributed by atoms with Crippen molar-refractivity contribution in [2.75, 3.05) is 4.72 Å². The zero-order valence-electron chi connectivity index (χ0n) is 18.4. The molecule has 1 aromatic carbocycles. The number of aryl methyl sites for hydroxylation is 1. The summed E-state index contributed by atoms with van der Waals surface area (Å²) < 4.78 is 31.2. The van der Waals surface area contributed by atoms with Crippen LogP contribution in [0.4, 0.5) is 5.82 Å². The van der Waals surface area contributed by atoms with E-state index in [9.17, 15) is 8.42 Å². The minimum Gasteiger partial charge on any atom is -0.263 e. The molecule has 1 N–H and O–H groups in total. The van der Waals surface area contributed by atoms with Crippen molar-refractivity contribution in [2.24, 2.45) is 0 Å². The highest BCUT2D eigenvalue weighted by molar-refractivity contribution is 9.10. The molecule has 4 aromatic rings. The van der Waals surface area contributed by atoms with Crippen LogP contribution >= 0.6 is 15.9 Å². The monoisotopic (exact) mass is 512 g/mol. The molecule has 3 aromatic heterocycles. The van der Waals surface area contributed by atoms with Gasteiger partial charge in [-0.2, -0.15) is 5.10 Å². The van der Waals surface area contributed by atoms with Crippen LogP contribution in [-0.2, 0) is 21.9 Å². The molecule has 4 rings (SSSR count). The molecule has 166 valence electrons. The lowest BCUT2D eigenvalue weighted by molar-refractivity contribution is 0.587. The molecule has 0 saturated heterocycles. The maximum Gasteiger partial charge on any atom is 0.263 e. The van der Waals surface area contributed by atoms with Crippen LogP contribution < -0.4 is 4.72 Å². The smallest absolute Gasteiger partial charge is 0.263 e. The Morgan fingerprint density at radius 1 is 1.03 bits per heavy atom. The highest BCUT2D eigenvalue weighted by Crippen LogP contribution is 2.29. The highest BCUT2D eigenvalue weighted by Gasteiger charge is 2.20. The molecule has 3 heterocycles. The third kappa shape index (κ3) is 4.42. The molecule has 0 bridgehead atoms. The Balaban J connectivity index is 1.71. The number of nitrogens with one attached hydrogen (secondary N) is 1. The maximum absolute atomic E-state index is 13.1. The van der Waals surface area contributed by atoms with Crippen LogP contribution in [0.15, 0.2) is 70.2 Å². The van der Waals surface area contributed by atoms with E-state index < -0.39 is 10.0 Å². The molecular weight excluding hydrogens is 488 g/mol. The van der Waals surface area contributed by atoms with Gasteiger partial charge in [0.1, 0.15) is 5.82 Å². The lowest BCUT2D eigenvalue weighted by Gasteiger charge is -2.19. The van der Waals surface area contributed by atoms with E-state index in [1.54, 1.807) is 35.0 Å². The van der Waals surface area contributed by atoms with Crippen molar-refractivity contribution in [3.05, 3.63) is 76.5 Å². The van der Waals surface area contributed by atoms with Crippen LogP contribution in [0.2, 0.25) is 0 Å². The van der Waals surface area contributed by atoms with Gasteiger partial charge in [0.25, 0.3) is 10.0 Å². The van der Waals surface area contributed by atoms with Gasteiger partial charge in [0.2, 0.25) is 0 Å². The molecule has 8 heteroatoms. The van der Waals surface area contributed by atoms with Gasteiger partial charge in [-0.3, -0.25) is 9.71 Å². The number of halogens is 1. The van der Waals surface area contributed by atoms with E-state index in [-0.39, 0.29) is 10.3 Å². The van der Waals surface area contributed by atoms with Gasteiger partial charge >= 0.3 is 0 Å². The first kappa shape index (κ1) is 22.5. The number of nitrogens with zero attached hydrogens (tertiary/aromatic N) is 3. The average molecular weight is 513 g/mol. The minimum absolute atomic E-state index is 0.0523. The third-order valence-corrected chi connectivity index (χ3v) is 7.36. The van der Waals surface area contributed by atoms with E-state index in [1.807, 2.05) is 30.3 Å². The Bertz CT molecular complexity index is 1370. The summed E-state index contributed by atoms with van der Waals surface area (Å²) in [6.45, 7) is 8.33. The number of hydrogen-bond donors (Lipinski definition) is 1. The molecule has 0 aliphatic carbocycles. The molecule has 0 fully saturated rings. The molecule has 0 aliphatic rings. The summed E-state index contributed by atoms with van der Waals surface area (Å²) in [6, 6.07) is 16.3. The topological polar surface area (TPSA) is 76.4 Å². The van der Waals surface area contributed by atoms with Gasteiger partial charge in [0.05, 0.1) is 16.1 Å². The maximum atomic E-state index is 13.1. The van der Waals surface area contributed by atoms with Crippen LogP contribution in [0.3, 0.4) is 0 Å². The fourth-order valence-electron chi connectivity index (χ4n) is 3.38. The van der Waals surface area contributed by atoms with Crippen LogP contribution in [-0.4, -0.2) is 23.0 Å². The number of anilines is 1. The van der Waals surface area contributed by atoms with Crippen LogP contribution in [0.25, 0.3) is 16.8 Å². The zero-order valence-corrected chi connectivity index (χ0v) is 20.8. The molecule has 0 aliphatic heterocycles. The first-order chi connectivity index (χ1) is 15.1. The highest BCUT2D eigenvalue weighted by atomic mass is 79.9. The summed E-state index contributed by atoms with van der Waals surface area (Å²) in [5.41, 5.74) is 4.35. The predicted molar refractivity (Wildman–Crippen MR) is 131 cm³/mol. The fourth-order valence-corrected chi connectivity index (χ4v) is 4.83. The minimum atomic E-state index is -3.78. The Morgan fingerprint density at radius 2 is 1.75 bits per heavy atom. The van der Waals surface area contributed by atoms with Crippen molar-refractivity contribution in [3.63, 3.8) is 0 Å². The van der Waals surface area contributed by atoms with Gasteiger partial charge in [-0.25, -0.2) is 12.9 Å². The van der Waals surface area contributed by atoms with Gasteiger partial charge in [-0.15, -0.1) is 0 Å². The van der Waals surface area contributed by atoms with Crippen molar-refractivity contribution >= 4 is 37.3 Å². The Kier molecular flexibility index (Phi) is 5.85. The Hall–Kier alpha value is -2.71. The average Bonchev–Trinajstić information content (AvgIpc) is 3.22. The van der Waals surface area contributed by atoms with Gasteiger partial charge in [-0.05, 0) is 75.8 Å². The lowest BCUT2D eigenvalue weighted by Crippen LogP contribution is -2.16. The van der Waals surface area contributed by atoms with E-state index >= 15 is 0 Å². The number of pyridine rings is 2. The molecule has 0 amide bonds. The summed E-state index contributed by atoms with van der Waals surface area (Å²) in [5.74, 6) is 0.354. The van der Waals surface area contributed by atoms with Crippen molar-refractivity contribution in [3.8, 4) is 11.3 Å². The molecule has 0 radical (unpaired) electrons. The second-order valence-electron chi connectivity index (χ2n) is 8.66. The van der Waals surface area contributed by atoms with Crippen LogP contribution in [0.5, 0.6) is 0 Å². The van der Waals surface area contributed by atoms with Crippen molar-refractivity contribution in [1.29, 1.82) is 0 Å². The van der Waals surface area contributed by atoms with E-state index in [1.165, 1.54) is 0 Å². The Labute approximate surface area is 196 Å². The first-order valence-electron chi connectivity index (χ1n) is 10.4. The Morgan fingerprint density at radius 3 is 2.34 bits per heavy atom. The molecule has 0 unspecified atom stereocenters. The molecule has 0 saturated carbocycles. The quantitative estimate of drug-likeness (QED) is 0.365. The number of sulfonamides is 1. The number of rotatable bonds is 5. The summed E-state index contributed by atoms with van der Waals surface area (Å²) in [6.07, 6.45) is 2.65. The summed E-state index contributed by atoms with van der Waals surface area (Å²) >= 11 is 3.54. The second-order valence-corrected chi connectivity index (χ2v) is 11.2. The number of benzene rings is 1. The number of hydrogen-bond acceptors (Lipinski definition) is 4. The van der Waals surface area contributed by atoms with Gasteiger partial charge in [-0.1, -0.05) is 39.8 Å². The molecule has 0 spiro atoms. The van der Waals surface area contributed by atoms with Gasteiger partial charge in [0.15, 0.2) is 0 Å². The lowest BCUT2D eigenvalue weighted by atomic mass is 9.87. The summed E-state index contributed by atoms with van der Waals surface area (Å²) in [4.78, 5) is 4.64. The summed E-state index contributed by atoms with van der Waals surface area (Å²) in [7, 11) is -3.78. The molecule has 6 nitrogen and oxygen atoms in total. The number of aromatic nitrogens is 3. The molecule has 32 heavy (non-hydrogen) atoms. The molecular formula is C24H25BrN4O2S. The first-order valence-corrected chi connectivity index (χ1v) is 12.6. The van der Waals surface area contributed by atoms with E-state index in [2.05, 4.69) is 58.4 Å². The predicted octanol–water partition coefficient (Wildman–Crippen LogP) is 5.82. The SMILES string of the molecule is CCc1ccc(-c2cc3c(Br)ccc(NS(=O)(=O)c4ccc(C(C)(C)C)cc4)n3n2)cn1. The number of fused-ring (bicyclic) bond motifs is 1.